The molecule has 1 heterocycles. The van der Waals surface area contributed by atoms with Crippen LogP contribution in [-0.4, -0.2) is 16.5 Å². The summed E-state index contributed by atoms with van der Waals surface area (Å²) in [6.45, 7) is 2.99. The molecule has 1 atom stereocenters. The molecule has 0 saturated carbocycles. The van der Waals surface area contributed by atoms with Crippen molar-refractivity contribution < 1.29 is 0 Å². The average molecular weight is 321 g/mol. The third kappa shape index (κ3) is 3.89. The lowest BCUT2D eigenvalue weighted by molar-refractivity contribution is 0.488. The second-order valence-corrected chi connectivity index (χ2v) is 5.97. The van der Waals surface area contributed by atoms with E-state index in [2.05, 4.69) is 46.5 Å². The molecule has 4 nitrogen and oxygen atoms in total. The zero-order valence-corrected chi connectivity index (χ0v) is 14.0. The predicted molar refractivity (Wildman–Crippen MR) is 98.2 cm³/mol. The third-order valence-corrected chi connectivity index (χ3v) is 4.25. The van der Waals surface area contributed by atoms with Crippen LogP contribution >= 0.6 is 0 Å². The molecule has 0 spiro atoms. The third-order valence-electron chi connectivity index (χ3n) is 4.25. The van der Waals surface area contributed by atoms with Crippen LogP contribution in [0.2, 0.25) is 0 Å². The Morgan fingerprint density at radius 1 is 1.08 bits per heavy atom. The highest BCUT2D eigenvalue weighted by Gasteiger charge is 2.13. The molecule has 0 saturated heterocycles. The fourth-order valence-electron chi connectivity index (χ4n) is 2.92. The number of fused-ring (bicyclic) bond motifs is 1. The van der Waals surface area contributed by atoms with E-state index >= 15 is 0 Å². The molecule has 2 aromatic carbocycles. The maximum absolute atomic E-state index is 12.2. The summed E-state index contributed by atoms with van der Waals surface area (Å²) in [4.78, 5) is 19.8. The summed E-state index contributed by atoms with van der Waals surface area (Å²) in [5.74, 6) is 0.723. The quantitative estimate of drug-likeness (QED) is 0.654. The van der Waals surface area contributed by atoms with Gasteiger partial charge in [-0.05, 0) is 43.5 Å². The second-order valence-electron chi connectivity index (χ2n) is 5.97. The molecule has 1 unspecified atom stereocenters. The molecule has 0 amide bonds. The first-order chi connectivity index (χ1) is 11.8. The molecular weight excluding hydrogens is 298 g/mol. The molecule has 4 heteroatoms. The Kier molecular flexibility index (Phi) is 5.39. The SMILES string of the molecule is CCC(NCCCc1ccccc1)c1nc2ccccc2c(=O)[nH]1. The number of H-pyrrole nitrogens is 1. The number of aromatic nitrogens is 2. The summed E-state index contributed by atoms with van der Waals surface area (Å²) >= 11 is 0. The zero-order valence-electron chi connectivity index (χ0n) is 14.0. The van der Waals surface area contributed by atoms with E-state index < -0.39 is 0 Å². The van der Waals surface area contributed by atoms with E-state index in [0.717, 1.165) is 37.1 Å². The molecule has 24 heavy (non-hydrogen) atoms. The van der Waals surface area contributed by atoms with Crippen molar-refractivity contribution in [3.63, 3.8) is 0 Å². The maximum atomic E-state index is 12.2. The van der Waals surface area contributed by atoms with Crippen molar-refractivity contribution in [1.29, 1.82) is 0 Å². The van der Waals surface area contributed by atoms with Crippen LogP contribution in [0.15, 0.2) is 59.4 Å². The molecule has 3 aromatic rings. The fourth-order valence-corrected chi connectivity index (χ4v) is 2.92. The number of nitrogens with zero attached hydrogens (tertiary/aromatic N) is 1. The summed E-state index contributed by atoms with van der Waals surface area (Å²) in [7, 11) is 0. The van der Waals surface area contributed by atoms with Gasteiger partial charge < -0.3 is 10.3 Å². The van der Waals surface area contributed by atoms with Gasteiger partial charge in [0.25, 0.3) is 5.56 Å². The summed E-state index contributed by atoms with van der Waals surface area (Å²) in [6, 6.07) is 18.0. The molecule has 0 aliphatic carbocycles. The van der Waals surface area contributed by atoms with E-state index in [1.165, 1.54) is 5.56 Å². The number of hydrogen-bond acceptors (Lipinski definition) is 3. The minimum absolute atomic E-state index is 0.0677. The van der Waals surface area contributed by atoms with Crippen LogP contribution in [0.4, 0.5) is 0 Å². The number of aryl methyl sites for hydroxylation is 1. The van der Waals surface area contributed by atoms with Crippen molar-refractivity contribution in [2.75, 3.05) is 6.54 Å². The van der Waals surface area contributed by atoms with Crippen LogP contribution < -0.4 is 10.9 Å². The van der Waals surface area contributed by atoms with Gasteiger partial charge in [0.05, 0.1) is 16.9 Å². The summed E-state index contributed by atoms with van der Waals surface area (Å²) in [5, 5.41) is 4.15. The van der Waals surface area contributed by atoms with Crippen LogP contribution in [0, 0.1) is 0 Å². The number of aromatic amines is 1. The number of hydrogen-bond donors (Lipinski definition) is 2. The Hall–Kier alpha value is -2.46. The van der Waals surface area contributed by atoms with Crippen molar-refractivity contribution >= 4 is 10.9 Å². The van der Waals surface area contributed by atoms with Gasteiger partial charge in [-0.15, -0.1) is 0 Å². The number of nitrogens with one attached hydrogen (secondary N) is 2. The summed E-state index contributed by atoms with van der Waals surface area (Å²) in [6.07, 6.45) is 2.98. The highest BCUT2D eigenvalue weighted by molar-refractivity contribution is 5.77. The molecule has 2 N–H and O–H groups in total. The molecular formula is C20H23N3O. The lowest BCUT2D eigenvalue weighted by Crippen LogP contribution is -2.26. The van der Waals surface area contributed by atoms with E-state index in [9.17, 15) is 4.79 Å². The first kappa shape index (κ1) is 16.4. The van der Waals surface area contributed by atoms with Gasteiger partial charge in [-0.2, -0.15) is 0 Å². The van der Waals surface area contributed by atoms with E-state index in [1.807, 2.05) is 24.3 Å². The van der Waals surface area contributed by atoms with Gasteiger partial charge in [-0.3, -0.25) is 4.79 Å². The Bertz CT molecular complexity index is 842. The molecule has 1 aromatic heterocycles. The topological polar surface area (TPSA) is 57.8 Å². The molecule has 0 aliphatic rings. The van der Waals surface area contributed by atoms with Gasteiger partial charge in [0, 0.05) is 0 Å². The van der Waals surface area contributed by atoms with Crippen molar-refractivity contribution in [2.24, 2.45) is 0 Å². The van der Waals surface area contributed by atoms with E-state index in [1.54, 1.807) is 6.07 Å². The van der Waals surface area contributed by atoms with Crippen LogP contribution in [0.25, 0.3) is 10.9 Å². The van der Waals surface area contributed by atoms with Gasteiger partial charge in [-0.25, -0.2) is 4.98 Å². The molecule has 0 aliphatic heterocycles. The fraction of sp³-hybridized carbons (Fsp3) is 0.300. The van der Waals surface area contributed by atoms with Crippen LogP contribution in [0.1, 0.15) is 37.2 Å². The second kappa shape index (κ2) is 7.88. The first-order valence-electron chi connectivity index (χ1n) is 8.54. The van der Waals surface area contributed by atoms with Crippen LogP contribution in [0.3, 0.4) is 0 Å². The Balaban J connectivity index is 1.65. The first-order valence-corrected chi connectivity index (χ1v) is 8.54. The van der Waals surface area contributed by atoms with E-state index in [4.69, 9.17) is 0 Å². The van der Waals surface area contributed by atoms with Gasteiger partial charge in [0.15, 0.2) is 0 Å². The molecule has 0 bridgehead atoms. The maximum Gasteiger partial charge on any atom is 0.258 e. The summed E-state index contributed by atoms with van der Waals surface area (Å²) < 4.78 is 0. The normalized spacial score (nSPS) is 12.4. The van der Waals surface area contributed by atoms with Gasteiger partial charge in [0.2, 0.25) is 0 Å². The zero-order chi connectivity index (χ0) is 16.8. The van der Waals surface area contributed by atoms with Crippen molar-refractivity contribution in [1.82, 2.24) is 15.3 Å². The lowest BCUT2D eigenvalue weighted by Gasteiger charge is -2.16. The summed E-state index contributed by atoms with van der Waals surface area (Å²) in [5.41, 5.74) is 2.03. The number of benzene rings is 2. The average Bonchev–Trinajstić information content (AvgIpc) is 2.62. The monoisotopic (exact) mass is 321 g/mol. The molecule has 0 fully saturated rings. The smallest absolute Gasteiger partial charge is 0.258 e. The van der Waals surface area contributed by atoms with E-state index in [-0.39, 0.29) is 11.6 Å². The standard InChI is InChI=1S/C20H23N3O/c1-2-17(21-14-8-11-15-9-4-3-5-10-15)19-22-18-13-7-6-12-16(18)20(24)23-19/h3-7,9-10,12-13,17,21H,2,8,11,14H2,1H3,(H,22,23,24). The van der Waals surface area contributed by atoms with Crippen LogP contribution in [0.5, 0.6) is 0 Å². The van der Waals surface area contributed by atoms with E-state index in [0.29, 0.717) is 5.39 Å². The molecule has 0 radical (unpaired) electrons. The predicted octanol–water partition coefficient (Wildman–Crippen LogP) is 3.60. The molecule has 3 rings (SSSR count). The van der Waals surface area contributed by atoms with Gasteiger partial charge in [0.1, 0.15) is 5.82 Å². The number of para-hydroxylation sites is 1. The van der Waals surface area contributed by atoms with Crippen molar-refractivity contribution in [2.45, 2.75) is 32.2 Å². The Morgan fingerprint density at radius 3 is 2.62 bits per heavy atom. The van der Waals surface area contributed by atoms with Gasteiger partial charge >= 0.3 is 0 Å². The Labute approximate surface area is 142 Å². The van der Waals surface area contributed by atoms with Crippen molar-refractivity contribution in [3.8, 4) is 0 Å². The van der Waals surface area contributed by atoms with Crippen LogP contribution in [-0.2, 0) is 6.42 Å². The Morgan fingerprint density at radius 2 is 1.83 bits per heavy atom. The van der Waals surface area contributed by atoms with Gasteiger partial charge in [-0.1, -0.05) is 49.4 Å². The molecule has 124 valence electrons. The minimum atomic E-state index is -0.0693. The highest BCUT2D eigenvalue weighted by Crippen LogP contribution is 2.14. The van der Waals surface area contributed by atoms with Crippen molar-refractivity contribution in [3.05, 3.63) is 76.3 Å². The lowest BCUT2D eigenvalue weighted by atomic mass is 10.1. The largest absolute Gasteiger partial charge is 0.309 e. The highest BCUT2D eigenvalue weighted by atomic mass is 16.1. The number of rotatable bonds is 7. The minimum Gasteiger partial charge on any atom is -0.309 e.